The van der Waals surface area contributed by atoms with E-state index < -0.39 is 0 Å². The standard InChI is InChI=1S/C11H11BrN4/c1-7-2-3-8(12)9(6-7)16-11-10(13)14-4-5-15-11/h2-6H,1H3,(H2,13,14)(H,15,16). The normalized spacial score (nSPS) is 10.1. The fraction of sp³-hybridized carbons (Fsp3) is 0.0909. The van der Waals surface area contributed by atoms with Crippen LogP contribution in [-0.4, -0.2) is 9.97 Å². The first-order valence-corrected chi connectivity index (χ1v) is 5.56. The molecule has 2 rings (SSSR count). The molecule has 1 aromatic carbocycles. The minimum absolute atomic E-state index is 0.385. The van der Waals surface area contributed by atoms with E-state index in [1.807, 2.05) is 25.1 Å². The van der Waals surface area contributed by atoms with Crippen LogP contribution in [0.3, 0.4) is 0 Å². The van der Waals surface area contributed by atoms with Gasteiger partial charge >= 0.3 is 0 Å². The van der Waals surface area contributed by atoms with Crippen molar-refractivity contribution in [2.45, 2.75) is 6.92 Å². The molecule has 0 saturated carbocycles. The quantitative estimate of drug-likeness (QED) is 0.887. The van der Waals surface area contributed by atoms with Gasteiger partial charge in [-0.3, -0.25) is 0 Å². The number of nitrogens with zero attached hydrogens (tertiary/aromatic N) is 2. The number of benzene rings is 1. The van der Waals surface area contributed by atoms with Gasteiger partial charge in [0, 0.05) is 16.9 Å². The van der Waals surface area contributed by atoms with E-state index in [9.17, 15) is 0 Å². The molecular weight excluding hydrogens is 268 g/mol. The fourth-order valence-electron chi connectivity index (χ4n) is 1.31. The first kappa shape index (κ1) is 10.9. The highest BCUT2D eigenvalue weighted by atomic mass is 79.9. The molecule has 0 spiro atoms. The molecule has 16 heavy (non-hydrogen) atoms. The lowest BCUT2D eigenvalue weighted by molar-refractivity contribution is 1.21. The van der Waals surface area contributed by atoms with E-state index in [2.05, 4.69) is 31.2 Å². The van der Waals surface area contributed by atoms with E-state index in [1.165, 1.54) is 0 Å². The first-order chi connectivity index (χ1) is 7.66. The number of nitrogens with two attached hydrogens (primary N) is 1. The van der Waals surface area contributed by atoms with Gasteiger partial charge in [-0.1, -0.05) is 6.07 Å². The summed E-state index contributed by atoms with van der Waals surface area (Å²) in [7, 11) is 0. The Kier molecular flexibility index (Phi) is 3.05. The van der Waals surface area contributed by atoms with Gasteiger partial charge in [0.1, 0.15) is 0 Å². The van der Waals surface area contributed by atoms with Crippen molar-refractivity contribution in [1.82, 2.24) is 9.97 Å². The SMILES string of the molecule is Cc1ccc(Br)c(Nc2nccnc2N)c1. The molecule has 3 N–H and O–H groups in total. The number of aryl methyl sites for hydroxylation is 1. The molecule has 0 amide bonds. The summed E-state index contributed by atoms with van der Waals surface area (Å²) in [6.07, 6.45) is 3.16. The molecule has 0 aliphatic carbocycles. The third-order valence-electron chi connectivity index (χ3n) is 2.10. The van der Waals surface area contributed by atoms with E-state index in [-0.39, 0.29) is 0 Å². The van der Waals surface area contributed by atoms with Crippen molar-refractivity contribution in [3.8, 4) is 0 Å². The van der Waals surface area contributed by atoms with Crippen molar-refractivity contribution in [1.29, 1.82) is 0 Å². The van der Waals surface area contributed by atoms with Gasteiger partial charge < -0.3 is 11.1 Å². The Hall–Kier alpha value is -1.62. The molecule has 0 aliphatic heterocycles. The van der Waals surface area contributed by atoms with E-state index in [0.717, 1.165) is 15.7 Å². The van der Waals surface area contributed by atoms with Gasteiger partial charge in [0.15, 0.2) is 11.6 Å². The van der Waals surface area contributed by atoms with E-state index >= 15 is 0 Å². The number of nitrogens with one attached hydrogen (secondary N) is 1. The molecule has 0 aliphatic rings. The van der Waals surface area contributed by atoms with Crippen LogP contribution in [0.5, 0.6) is 0 Å². The van der Waals surface area contributed by atoms with Crippen LogP contribution in [0.4, 0.5) is 17.3 Å². The Bertz CT molecular complexity index is 513. The molecule has 0 radical (unpaired) electrons. The average molecular weight is 279 g/mol. The smallest absolute Gasteiger partial charge is 0.173 e. The molecule has 5 heteroatoms. The van der Waals surface area contributed by atoms with Gasteiger partial charge in [-0.05, 0) is 40.5 Å². The molecule has 0 bridgehead atoms. The molecule has 0 saturated heterocycles. The molecule has 1 heterocycles. The summed E-state index contributed by atoms with van der Waals surface area (Å²) < 4.78 is 0.961. The topological polar surface area (TPSA) is 63.8 Å². The van der Waals surface area contributed by atoms with Gasteiger partial charge in [-0.2, -0.15) is 0 Å². The number of hydrogen-bond donors (Lipinski definition) is 2. The summed E-state index contributed by atoms with van der Waals surface area (Å²) in [4.78, 5) is 8.09. The Labute approximate surface area is 102 Å². The Morgan fingerprint density at radius 2 is 2.00 bits per heavy atom. The van der Waals surface area contributed by atoms with Gasteiger partial charge in [-0.25, -0.2) is 9.97 Å². The number of nitrogen functional groups attached to an aromatic ring is 1. The Morgan fingerprint density at radius 3 is 2.75 bits per heavy atom. The number of aromatic nitrogens is 2. The maximum atomic E-state index is 5.71. The number of anilines is 3. The summed E-state index contributed by atoms with van der Waals surface area (Å²) in [5.41, 5.74) is 7.79. The van der Waals surface area contributed by atoms with E-state index in [1.54, 1.807) is 12.4 Å². The van der Waals surface area contributed by atoms with Gasteiger partial charge in [0.05, 0.1) is 5.69 Å². The van der Waals surface area contributed by atoms with Crippen molar-refractivity contribution in [3.63, 3.8) is 0 Å². The maximum absolute atomic E-state index is 5.71. The van der Waals surface area contributed by atoms with Crippen LogP contribution in [0, 0.1) is 6.92 Å². The summed E-state index contributed by atoms with van der Waals surface area (Å²) in [5.74, 6) is 0.949. The van der Waals surface area contributed by atoms with Crippen molar-refractivity contribution >= 4 is 33.3 Å². The van der Waals surface area contributed by atoms with Crippen LogP contribution in [0.1, 0.15) is 5.56 Å². The fourth-order valence-corrected chi connectivity index (χ4v) is 1.65. The Morgan fingerprint density at radius 1 is 1.25 bits per heavy atom. The number of hydrogen-bond acceptors (Lipinski definition) is 4. The van der Waals surface area contributed by atoms with E-state index in [0.29, 0.717) is 11.6 Å². The van der Waals surface area contributed by atoms with Crippen LogP contribution in [-0.2, 0) is 0 Å². The van der Waals surface area contributed by atoms with Gasteiger partial charge in [-0.15, -0.1) is 0 Å². The number of halogens is 1. The van der Waals surface area contributed by atoms with Gasteiger partial charge in [0.2, 0.25) is 0 Å². The predicted molar refractivity (Wildman–Crippen MR) is 68.6 cm³/mol. The summed E-state index contributed by atoms with van der Waals surface area (Å²) in [5, 5.41) is 3.14. The predicted octanol–water partition coefficient (Wildman–Crippen LogP) is 2.87. The second kappa shape index (κ2) is 4.49. The minimum Gasteiger partial charge on any atom is -0.381 e. The van der Waals surface area contributed by atoms with Gasteiger partial charge in [0.25, 0.3) is 0 Å². The molecule has 1 aromatic heterocycles. The lowest BCUT2D eigenvalue weighted by atomic mass is 10.2. The van der Waals surface area contributed by atoms with Crippen molar-refractivity contribution < 1.29 is 0 Å². The number of rotatable bonds is 2. The summed E-state index contributed by atoms with van der Waals surface area (Å²) in [6, 6.07) is 6.01. The zero-order valence-electron chi connectivity index (χ0n) is 8.74. The van der Waals surface area contributed by atoms with Crippen molar-refractivity contribution in [2.75, 3.05) is 11.1 Å². The zero-order valence-corrected chi connectivity index (χ0v) is 10.3. The lowest BCUT2D eigenvalue weighted by Crippen LogP contribution is -2.01. The molecule has 4 nitrogen and oxygen atoms in total. The van der Waals surface area contributed by atoms with Crippen LogP contribution in [0.2, 0.25) is 0 Å². The van der Waals surface area contributed by atoms with Crippen LogP contribution < -0.4 is 11.1 Å². The maximum Gasteiger partial charge on any atom is 0.173 e. The molecular formula is C11H11BrN4. The highest BCUT2D eigenvalue weighted by Crippen LogP contribution is 2.27. The van der Waals surface area contributed by atoms with Crippen LogP contribution in [0.25, 0.3) is 0 Å². The van der Waals surface area contributed by atoms with Crippen LogP contribution in [0.15, 0.2) is 35.1 Å². The van der Waals surface area contributed by atoms with Crippen molar-refractivity contribution in [2.24, 2.45) is 0 Å². The third kappa shape index (κ3) is 2.30. The minimum atomic E-state index is 0.385. The highest BCUT2D eigenvalue weighted by Gasteiger charge is 2.04. The Balaban J connectivity index is 2.34. The molecule has 82 valence electrons. The second-order valence-corrected chi connectivity index (χ2v) is 4.25. The zero-order chi connectivity index (χ0) is 11.5. The highest BCUT2D eigenvalue weighted by molar-refractivity contribution is 9.10. The average Bonchev–Trinajstić information content (AvgIpc) is 2.27. The van der Waals surface area contributed by atoms with Crippen molar-refractivity contribution in [3.05, 3.63) is 40.6 Å². The molecule has 0 fully saturated rings. The molecule has 0 unspecified atom stereocenters. The lowest BCUT2D eigenvalue weighted by Gasteiger charge is -2.09. The first-order valence-electron chi connectivity index (χ1n) is 4.76. The van der Waals surface area contributed by atoms with E-state index in [4.69, 9.17) is 5.73 Å². The second-order valence-electron chi connectivity index (χ2n) is 3.40. The molecule has 0 atom stereocenters. The van der Waals surface area contributed by atoms with Crippen LogP contribution >= 0.6 is 15.9 Å². The third-order valence-corrected chi connectivity index (χ3v) is 2.79. The summed E-state index contributed by atoms with van der Waals surface area (Å²) in [6.45, 7) is 2.03. The summed E-state index contributed by atoms with van der Waals surface area (Å²) >= 11 is 3.46. The molecule has 2 aromatic rings. The largest absolute Gasteiger partial charge is 0.381 e. The monoisotopic (exact) mass is 278 g/mol.